The number of benzene rings is 2. The van der Waals surface area contributed by atoms with E-state index in [2.05, 4.69) is 10.3 Å². The van der Waals surface area contributed by atoms with Crippen LogP contribution >= 0.6 is 0 Å². The number of anilines is 1. The van der Waals surface area contributed by atoms with Gasteiger partial charge < -0.3 is 19.4 Å². The fraction of sp³-hybridized carbons (Fsp3) is 0.190. The van der Waals surface area contributed by atoms with Gasteiger partial charge in [0, 0.05) is 12.4 Å². The number of carbonyl (C=O) groups is 1. The number of hydrogen-bond acceptors (Lipinski definition) is 5. The number of aromatic nitrogens is 2. The predicted octanol–water partition coefficient (Wildman–Crippen LogP) is 3.24. The second-order valence-corrected chi connectivity index (χ2v) is 6.03. The highest BCUT2D eigenvalue weighted by molar-refractivity contribution is 5.95. The summed E-state index contributed by atoms with van der Waals surface area (Å²) in [5.41, 5.74) is 1.11. The van der Waals surface area contributed by atoms with Crippen LogP contribution in [0.3, 0.4) is 0 Å². The van der Waals surface area contributed by atoms with Gasteiger partial charge in [0.2, 0.25) is 0 Å². The van der Waals surface area contributed by atoms with Crippen LogP contribution in [0.1, 0.15) is 12.5 Å². The Hall–Kier alpha value is -3.79. The molecule has 0 aliphatic rings. The molecule has 0 fully saturated rings. The highest BCUT2D eigenvalue weighted by Crippen LogP contribution is 2.24. The van der Waals surface area contributed by atoms with Crippen LogP contribution in [-0.2, 0) is 11.3 Å². The van der Waals surface area contributed by atoms with Crippen molar-refractivity contribution in [2.45, 2.75) is 19.6 Å². The molecule has 0 aliphatic carbocycles. The first kappa shape index (κ1) is 19.0. The maximum Gasteiger partial charge on any atom is 0.265 e. The van der Waals surface area contributed by atoms with Crippen molar-refractivity contribution in [2.24, 2.45) is 0 Å². The molecule has 1 heterocycles. The molecule has 1 atom stereocenters. The van der Waals surface area contributed by atoms with E-state index in [0.29, 0.717) is 35.9 Å². The molecule has 1 N–H and O–H groups in total. The molecule has 1 aromatic heterocycles. The van der Waals surface area contributed by atoms with Gasteiger partial charge in [-0.2, -0.15) is 5.26 Å². The Bertz CT molecular complexity index is 947. The van der Waals surface area contributed by atoms with E-state index in [1.165, 1.54) is 0 Å². The van der Waals surface area contributed by atoms with Crippen molar-refractivity contribution in [1.29, 1.82) is 5.26 Å². The van der Waals surface area contributed by atoms with Gasteiger partial charge in [-0.25, -0.2) is 4.98 Å². The summed E-state index contributed by atoms with van der Waals surface area (Å²) in [7, 11) is 0. The zero-order valence-corrected chi connectivity index (χ0v) is 15.4. The first-order valence-corrected chi connectivity index (χ1v) is 8.81. The monoisotopic (exact) mass is 376 g/mol. The zero-order valence-electron chi connectivity index (χ0n) is 15.4. The maximum absolute atomic E-state index is 12.5. The molecular formula is C21H20N4O3. The molecule has 0 bridgehead atoms. The van der Waals surface area contributed by atoms with Crippen molar-refractivity contribution in [3.05, 3.63) is 72.8 Å². The number of nitriles is 1. The molecule has 0 aliphatic heterocycles. The lowest BCUT2D eigenvalue weighted by molar-refractivity contribution is -0.122. The largest absolute Gasteiger partial charge is 0.490 e. The van der Waals surface area contributed by atoms with Crippen molar-refractivity contribution in [2.75, 3.05) is 11.9 Å². The smallest absolute Gasteiger partial charge is 0.265 e. The Morgan fingerprint density at radius 3 is 2.75 bits per heavy atom. The zero-order chi connectivity index (χ0) is 19.8. The molecule has 1 unspecified atom stereocenters. The molecule has 3 rings (SSSR count). The number of para-hydroxylation sites is 2. The molecule has 2 aromatic carbocycles. The van der Waals surface area contributed by atoms with E-state index in [4.69, 9.17) is 14.7 Å². The molecule has 0 saturated carbocycles. The molecule has 0 radical (unpaired) electrons. The van der Waals surface area contributed by atoms with E-state index in [-0.39, 0.29) is 5.91 Å². The van der Waals surface area contributed by atoms with Crippen LogP contribution in [0.15, 0.2) is 67.3 Å². The number of ether oxygens (including phenoxy) is 2. The van der Waals surface area contributed by atoms with Gasteiger partial charge in [-0.3, -0.25) is 4.79 Å². The molecule has 0 spiro atoms. The van der Waals surface area contributed by atoms with E-state index >= 15 is 0 Å². The van der Waals surface area contributed by atoms with Crippen LogP contribution in [-0.4, -0.2) is 28.2 Å². The van der Waals surface area contributed by atoms with E-state index in [1.807, 2.05) is 29.0 Å². The van der Waals surface area contributed by atoms with E-state index in [0.717, 1.165) is 0 Å². The lowest BCUT2D eigenvalue weighted by atomic mass is 10.2. The standard InChI is InChI=1S/C21H20N4O3/c1-16(28-18-8-6-17(14-22)7-9-18)21(26)24-19-4-2-3-5-20(19)27-13-12-25-11-10-23-15-25/h2-11,15-16H,12-13H2,1H3,(H,24,26). The normalized spacial score (nSPS) is 11.3. The minimum atomic E-state index is -0.716. The van der Waals surface area contributed by atoms with E-state index in [9.17, 15) is 4.79 Å². The summed E-state index contributed by atoms with van der Waals surface area (Å²) in [6.07, 6.45) is 4.58. The van der Waals surface area contributed by atoms with E-state index < -0.39 is 6.10 Å². The third-order valence-corrected chi connectivity index (χ3v) is 3.98. The number of rotatable bonds is 8. The lowest BCUT2D eigenvalue weighted by Gasteiger charge is -2.17. The third-order valence-electron chi connectivity index (χ3n) is 3.98. The first-order valence-electron chi connectivity index (χ1n) is 8.81. The summed E-state index contributed by atoms with van der Waals surface area (Å²) >= 11 is 0. The minimum absolute atomic E-state index is 0.296. The summed E-state index contributed by atoms with van der Waals surface area (Å²) in [4.78, 5) is 16.5. The third kappa shape index (κ3) is 5.11. The summed E-state index contributed by atoms with van der Waals surface area (Å²) in [6, 6.07) is 15.9. The molecule has 28 heavy (non-hydrogen) atoms. The molecule has 0 saturated heterocycles. The Kier molecular flexibility index (Phi) is 6.26. The van der Waals surface area contributed by atoms with Crippen LogP contribution in [0.2, 0.25) is 0 Å². The molecule has 7 heteroatoms. The van der Waals surface area contributed by atoms with Crippen molar-refractivity contribution >= 4 is 11.6 Å². The summed E-state index contributed by atoms with van der Waals surface area (Å²) < 4.78 is 13.4. The van der Waals surface area contributed by atoms with Crippen molar-refractivity contribution in [3.8, 4) is 17.6 Å². The van der Waals surface area contributed by atoms with Gasteiger partial charge in [-0.1, -0.05) is 12.1 Å². The number of nitrogens with zero attached hydrogens (tertiary/aromatic N) is 3. The van der Waals surface area contributed by atoms with Crippen LogP contribution in [0, 0.1) is 11.3 Å². The SMILES string of the molecule is CC(Oc1ccc(C#N)cc1)C(=O)Nc1ccccc1OCCn1ccnc1. The Morgan fingerprint density at radius 1 is 1.25 bits per heavy atom. The summed E-state index contributed by atoms with van der Waals surface area (Å²) in [6.45, 7) is 2.76. The number of carbonyl (C=O) groups excluding carboxylic acids is 1. The first-order chi connectivity index (χ1) is 13.7. The highest BCUT2D eigenvalue weighted by Gasteiger charge is 2.16. The second kappa shape index (κ2) is 9.24. The molecule has 7 nitrogen and oxygen atoms in total. The Balaban J connectivity index is 1.57. The predicted molar refractivity (Wildman–Crippen MR) is 104 cm³/mol. The van der Waals surface area contributed by atoms with Crippen LogP contribution < -0.4 is 14.8 Å². The molecule has 3 aromatic rings. The van der Waals surface area contributed by atoms with Gasteiger partial charge in [0.05, 0.1) is 30.2 Å². The van der Waals surface area contributed by atoms with Crippen molar-refractivity contribution in [3.63, 3.8) is 0 Å². The van der Waals surface area contributed by atoms with Gasteiger partial charge in [0.25, 0.3) is 5.91 Å². The topological polar surface area (TPSA) is 89.2 Å². The Morgan fingerprint density at radius 2 is 2.04 bits per heavy atom. The average molecular weight is 376 g/mol. The van der Waals surface area contributed by atoms with Gasteiger partial charge in [-0.15, -0.1) is 0 Å². The van der Waals surface area contributed by atoms with Crippen molar-refractivity contribution < 1.29 is 14.3 Å². The molecule has 1 amide bonds. The molecular weight excluding hydrogens is 356 g/mol. The fourth-order valence-electron chi connectivity index (χ4n) is 2.48. The number of amides is 1. The van der Waals surface area contributed by atoms with Gasteiger partial charge >= 0.3 is 0 Å². The van der Waals surface area contributed by atoms with Crippen molar-refractivity contribution in [1.82, 2.24) is 9.55 Å². The summed E-state index contributed by atoms with van der Waals surface area (Å²) in [5.74, 6) is 0.808. The van der Waals surface area contributed by atoms with Gasteiger partial charge in [-0.05, 0) is 43.3 Å². The summed E-state index contributed by atoms with van der Waals surface area (Å²) in [5, 5.41) is 11.7. The number of hydrogen-bond donors (Lipinski definition) is 1. The van der Waals surface area contributed by atoms with Gasteiger partial charge in [0.15, 0.2) is 6.10 Å². The lowest BCUT2D eigenvalue weighted by Crippen LogP contribution is -2.30. The van der Waals surface area contributed by atoms with Crippen LogP contribution in [0.25, 0.3) is 0 Å². The fourth-order valence-corrected chi connectivity index (χ4v) is 2.48. The minimum Gasteiger partial charge on any atom is -0.490 e. The Labute approximate surface area is 163 Å². The van der Waals surface area contributed by atoms with E-state index in [1.54, 1.807) is 55.8 Å². The maximum atomic E-state index is 12.5. The number of nitrogens with one attached hydrogen (secondary N) is 1. The average Bonchev–Trinajstić information content (AvgIpc) is 3.23. The highest BCUT2D eigenvalue weighted by atomic mass is 16.5. The quantitative estimate of drug-likeness (QED) is 0.652. The van der Waals surface area contributed by atoms with Crippen LogP contribution in [0.4, 0.5) is 5.69 Å². The molecule has 142 valence electrons. The number of imidazole rings is 1. The second-order valence-electron chi connectivity index (χ2n) is 6.03. The van der Waals surface area contributed by atoms with Crippen LogP contribution in [0.5, 0.6) is 11.5 Å². The van der Waals surface area contributed by atoms with Gasteiger partial charge in [0.1, 0.15) is 18.1 Å².